The Kier molecular flexibility index (Phi) is 7.22. The monoisotopic (exact) mass is 451 g/mol. The van der Waals surface area contributed by atoms with Crippen molar-refractivity contribution in [2.75, 3.05) is 26.2 Å². The van der Waals surface area contributed by atoms with Crippen molar-refractivity contribution in [2.45, 2.75) is 38.2 Å². The Balaban J connectivity index is 1.65. The molecule has 3 rings (SSSR count). The van der Waals surface area contributed by atoms with Crippen LogP contribution in [0.2, 0.25) is 0 Å². The first-order valence-electron chi connectivity index (χ1n) is 9.77. The summed E-state index contributed by atoms with van der Waals surface area (Å²) >= 11 is 1.53. The first-order chi connectivity index (χ1) is 14.3. The zero-order valence-corrected chi connectivity index (χ0v) is 18.7. The van der Waals surface area contributed by atoms with E-state index in [1.54, 1.807) is 4.90 Å². The molecule has 1 saturated heterocycles. The van der Waals surface area contributed by atoms with Crippen molar-refractivity contribution in [1.82, 2.24) is 14.2 Å². The van der Waals surface area contributed by atoms with Gasteiger partial charge in [-0.15, -0.1) is 11.3 Å². The van der Waals surface area contributed by atoms with E-state index in [0.717, 1.165) is 17.8 Å². The Labute approximate surface area is 180 Å². The molecule has 2 heterocycles. The largest absolute Gasteiger partial charge is 0.456 e. The first kappa shape index (κ1) is 22.4. The number of amides is 1. The van der Waals surface area contributed by atoms with Gasteiger partial charge in [-0.05, 0) is 31.0 Å². The normalized spacial score (nSPS) is 15.2. The lowest BCUT2D eigenvalue weighted by Crippen LogP contribution is -2.49. The smallest absolute Gasteiger partial charge is 0.338 e. The van der Waals surface area contributed by atoms with Gasteiger partial charge in [0.05, 0.1) is 21.2 Å². The molecule has 0 saturated carbocycles. The van der Waals surface area contributed by atoms with Crippen molar-refractivity contribution in [2.24, 2.45) is 0 Å². The van der Waals surface area contributed by atoms with Crippen LogP contribution >= 0.6 is 11.3 Å². The standard InChI is InChI=1S/C20H25N3O5S2/c1-3-5-19-21-17(14-29-19)13-28-20(25)16-6-4-7-18(12-16)30(26,27)23-10-8-22(9-11-23)15(2)24/h4,6-7,12,14H,3,5,8-11,13H2,1-2H3. The maximum Gasteiger partial charge on any atom is 0.338 e. The fourth-order valence-corrected chi connectivity index (χ4v) is 5.50. The van der Waals surface area contributed by atoms with Crippen molar-refractivity contribution in [3.8, 4) is 0 Å². The molecule has 0 bridgehead atoms. The number of ether oxygens (including phenoxy) is 1. The van der Waals surface area contributed by atoms with Crippen LogP contribution in [0.5, 0.6) is 0 Å². The first-order valence-corrected chi connectivity index (χ1v) is 12.1. The van der Waals surface area contributed by atoms with Crippen molar-refractivity contribution >= 4 is 33.2 Å². The Morgan fingerprint density at radius 3 is 2.60 bits per heavy atom. The molecular weight excluding hydrogens is 426 g/mol. The van der Waals surface area contributed by atoms with E-state index in [4.69, 9.17) is 4.74 Å². The maximum atomic E-state index is 12.9. The van der Waals surface area contributed by atoms with Crippen LogP contribution in [0, 0.1) is 0 Å². The SMILES string of the molecule is CCCc1nc(COC(=O)c2cccc(S(=O)(=O)N3CCN(C(C)=O)CC3)c2)cs1. The third kappa shape index (κ3) is 5.24. The van der Waals surface area contributed by atoms with Crippen LogP contribution in [0.15, 0.2) is 34.5 Å². The second-order valence-corrected chi connectivity index (χ2v) is 9.88. The Hall–Kier alpha value is -2.30. The molecule has 30 heavy (non-hydrogen) atoms. The highest BCUT2D eigenvalue weighted by Gasteiger charge is 2.29. The number of aryl methyl sites for hydroxylation is 1. The minimum absolute atomic E-state index is 0.0344. The summed E-state index contributed by atoms with van der Waals surface area (Å²) in [6.45, 7) is 4.73. The highest BCUT2D eigenvalue weighted by molar-refractivity contribution is 7.89. The highest BCUT2D eigenvalue weighted by atomic mass is 32.2. The van der Waals surface area contributed by atoms with E-state index in [1.165, 1.54) is 46.8 Å². The molecule has 0 N–H and O–H groups in total. The number of aromatic nitrogens is 1. The van der Waals surface area contributed by atoms with Crippen LogP contribution in [-0.2, 0) is 32.6 Å². The van der Waals surface area contributed by atoms with Crippen molar-refractivity contribution < 1.29 is 22.7 Å². The summed E-state index contributed by atoms with van der Waals surface area (Å²) in [5.41, 5.74) is 0.853. The van der Waals surface area contributed by atoms with Gasteiger partial charge in [-0.25, -0.2) is 18.2 Å². The number of sulfonamides is 1. The number of nitrogens with zero attached hydrogens (tertiary/aromatic N) is 3. The van der Waals surface area contributed by atoms with Gasteiger partial charge in [-0.2, -0.15) is 4.31 Å². The summed E-state index contributed by atoms with van der Waals surface area (Å²) < 4.78 is 32.5. The summed E-state index contributed by atoms with van der Waals surface area (Å²) in [6, 6.07) is 5.84. The van der Waals surface area contributed by atoms with Crippen LogP contribution in [0.3, 0.4) is 0 Å². The predicted octanol–water partition coefficient (Wildman–Crippen LogP) is 2.31. The lowest BCUT2D eigenvalue weighted by molar-refractivity contribution is -0.129. The van der Waals surface area contributed by atoms with Crippen molar-refractivity contribution in [1.29, 1.82) is 0 Å². The van der Waals surface area contributed by atoms with E-state index >= 15 is 0 Å². The second kappa shape index (κ2) is 9.67. The molecule has 2 aromatic rings. The summed E-state index contributed by atoms with van der Waals surface area (Å²) in [5.74, 6) is -0.669. The van der Waals surface area contributed by atoms with E-state index in [2.05, 4.69) is 11.9 Å². The maximum absolute atomic E-state index is 12.9. The summed E-state index contributed by atoms with van der Waals surface area (Å²) in [4.78, 5) is 29.9. The number of hydrogen-bond donors (Lipinski definition) is 0. The van der Waals surface area contributed by atoms with E-state index in [1.807, 2.05) is 5.38 Å². The predicted molar refractivity (Wildman–Crippen MR) is 113 cm³/mol. The lowest BCUT2D eigenvalue weighted by Gasteiger charge is -2.33. The van der Waals surface area contributed by atoms with Gasteiger partial charge in [0.15, 0.2) is 0 Å². The molecule has 1 amide bonds. The van der Waals surface area contributed by atoms with Crippen LogP contribution in [0.1, 0.15) is 41.3 Å². The molecule has 0 unspecified atom stereocenters. The highest BCUT2D eigenvalue weighted by Crippen LogP contribution is 2.20. The summed E-state index contributed by atoms with van der Waals surface area (Å²) in [7, 11) is -3.76. The van der Waals surface area contributed by atoms with E-state index in [9.17, 15) is 18.0 Å². The van der Waals surface area contributed by atoms with Gasteiger partial charge >= 0.3 is 5.97 Å². The molecule has 8 nitrogen and oxygen atoms in total. The minimum Gasteiger partial charge on any atom is -0.456 e. The van der Waals surface area contributed by atoms with Crippen molar-refractivity contribution in [3.63, 3.8) is 0 Å². The molecule has 0 atom stereocenters. The number of hydrogen-bond acceptors (Lipinski definition) is 7. The number of carbonyl (C=O) groups excluding carboxylic acids is 2. The third-order valence-corrected chi connectivity index (χ3v) is 7.66. The van der Waals surface area contributed by atoms with Crippen LogP contribution in [0.4, 0.5) is 0 Å². The second-order valence-electron chi connectivity index (χ2n) is 7.00. The number of carbonyl (C=O) groups is 2. The summed E-state index contributed by atoms with van der Waals surface area (Å²) in [6.07, 6.45) is 1.89. The van der Waals surface area contributed by atoms with E-state index < -0.39 is 16.0 Å². The van der Waals surface area contributed by atoms with Gasteiger partial charge in [0.25, 0.3) is 0 Å². The lowest BCUT2D eigenvalue weighted by atomic mass is 10.2. The number of thiazole rings is 1. The molecule has 0 spiro atoms. The Morgan fingerprint density at radius 2 is 1.93 bits per heavy atom. The summed E-state index contributed by atoms with van der Waals surface area (Å²) in [5, 5.41) is 2.86. The average Bonchev–Trinajstić information content (AvgIpc) is 3.20. The fourth-order valence-electron chi connectivity index (χ4n) is 3.14. The molecule has 1 aliphatic rings. The van der Waals surface area contributed by atoms with Crippen LogP contribution < -0.4 is 0 Å². The number of piperazine rings is 1. The van der Waals surface area contributed by atoms with Gasteiger partial charge in [-0.3, -0.25) is 4.79 Å². The molecule has 1 aromatic heterocycles. The zero-order chi connectivity index (χ0) is 21.7. The van der Waals surface area contributed by atoms with Crippen molar-refractivity contribution in [3.05, 3.63) is 45.9 Å². The van der Waals surface area contributed by atoms with Gasteiger partial charge in [0, 0.05) is 38.5 Å². The molecule has 10 heteroatoms. The van der Waals surface area contributed by atoms with E-state index in [-0.39, 0.29) is 36.1 Å². The molecule has 1 aromatic carbocycles. The molecule has 1 aliphatic heterocycles. The topological polar surface area (TPSA) is 96.9 Å². The number of esters is 1. The quantitative estimate of drug-likeness (QED) is 0.600. The van der Waals surface area contributed by atoms with Gasteiger partial charge in [0.1, 0.15) is 6.61 Å². The average molecular weight is 452 g/mol. The zero-order valence-electron chi connectivity index (χ0n) is 17.0. The van der Waals surface area contributed by atoms with Crippen LogP contribution in [-0.4, -0.2) is 60.7 Å². The minimum atomic E-state index is -3.76. The Bertz CT molecular complexity index is 1010. The van der Waals surface area contributed by atoms with Crippen LogP contribution in [0.25, 0.3) is 0 Å². The molecule has 0 radical (unpaired) electrons. The number of benzene rings is 1. The fraction of sp³-hybridized carbons (Fsp3) is 0.450. The van der Waals surface area contributed by atoms with Gasteiger partial charge in [0.2, 0.25) is 15.9 Å². The Morgan fingerprint density at radius 1 is 1.20 bits per heavy atom. The van der Waals surface area contributed by atoms with E-state index in [0.29, 0.717) is 18.8 Å². The van der Waals surface area contributed by atoms with Gasteiger partial charge < -0.3 is 9.64 Å². The molecular formula is C20H25N3O5S2. The molecule has 162 valence electrons. The molecule has 1 fully saturated rings. The third-order valence-electron chi connectivity index (χ3n) is 4.81. The number of rotatable bonds is 7. The van der Waals surface area contributed by atoms with Gasteiger partial charge in [-0.1, -0.05) is 13.0 Å². The molecule has 0 aliphatic carbocycles.